The van der Waals surface area contributed by atoms with Crippen molar-refractivity contribution in [3.8, 4) is 0 Å². The number of aliphatic hydroxyl groups is 4. The van der Waals surface area contributed by atoms with Gasteiger partial charge in [0, 0.05) is 13.1 Å². The molecule has 22 heavy (non-hydrogen) atoms. The van der Waals surface area contributed by atoms with Crippen LogP contribution in [-0.4, -0.2) is 81.8 Å². The second kappa shape index (κ2) is 12.1. The third-order valence-electron chi connectivity index (χ3n) is 2.58. The van der Waals surface area contributed by atoms with Crippen LogP contribution in [0.4, 0.5) is 0 Å². The van der Waals surface area contributed by atoms with Gasteiger partial charge < -0.3 is 30.3 Å². The monoisotopic (exact) mass is 324 g/mol. The molecule has 0 radical (unpaired) electrons. The third kappa shape index (κ3) is 11.2. The van der Waals surface area contributed by atoms with Gasteiger partial charge in [-0.25, -0.2) is 0 Å². The van der Waals surface area contributed by atoms with E-state index in [0.29, 0.717) is 0 Å². The first kappa shape index (κ1) is 22.8. The highest BCUT2D eigenvalue weighted by Crippen LogP contribution is 2.12. The van der Waals surface area contributed by atoms with Crippen molar-refractivity contribution in [2.45, 2.75) is 32.1 Å². The summed E-state index contributed by atoms with van der Waals surface area (Å²) in [4.78, 5) is 12.4. The van der Waals surface area contributed by atoms with Gasteiger partial charge in [0.15, 0.2) is 0 Å². The van der Waals surface area contributed by atoms with Crippen molar-refractivity contribution >= 4 is 11.9 Å². The fourth-order valence-electron chi connectivity index (χ4n) is 1.80. The highest BCUT2D eigenvalue weighted by molar-refractivity contribution is 5.71. The second-order valence-corrected chi connectivity index (χ2v) is 5.13. The largest absolute Gasteiger partial charge is 0.548 e. The standard InChI is InChI=1S/C11H23NO6.CH5N3/c1-7(2)10(11(17)18)12(3-8(15)5-13)4-9(16)6-14;2-1(3)4/h7-10,13-16H,3-6H2,1-2H3,(H,17,18);(H5,2,3,4). The minimum atomic E-state index is -1.32. The Labute approximate surface area is 129 Å². The molecule has 0 aromatic heterocycles. The van der Waals surface area contributed by atoms with E-state index in [0.717, 1.165) is 0 Å². The highest BCUT2D eigenvalue weighted by Gasteiger charge is 2.26. The molecule has 10 nitrogen and oxygen atoms in total. The molecule has 0 aromatic rings. The normalized spacial score (nSPS) is 14.9. The summed E-state index contributed by atoms with van der Waals surface area (Å²) in [6.07, 6.45) is -2.23. The molecule has 0 fully saturated rings. The Morgan fingerprint density at radius 3 is 1.64 bits per heavy atom. The summed E-state index contributed by atoms with van der Waals surface area (Å²) in [5.74, 6) is -1.70. The van der Waals surface area contributed by atoms with Crippen molar-refractivity contribution in [1.82, 2.24) is 4.90 Å². The van der Waals surface area contributed by atoms with E-state index in [2.05, 4.69) is 16.9 Å². The summed E-state index contributed by atoms with van der Waals surface area (Å²) >= 11 is 0. The summed E-state index contributed by atoms with van der Waals surface area (Å²) in [5, 5.41) is 52.0. The average molecular weight is 324 g/mol. The van der Waals surface area contributed by atoms with E-state index in [4.69, 9.17) is 10.2 Å². The molecule has 3 unspecified atom stereocenters. The number of carbonyl (C=O) groups excluding carboxylic acids is 1. The molecule has 0 bridgehead atoms. The van der Waals surface area contributed by atoms with Crippen LogP contribution in [0.25, 0.3) is 0 Å². The van der Waals surface area contributed by atoms with Crippen molar-refractivity contribution in [1.29, 1.82) is 0 Å². The lowest BCUT2D eigenvalue weighted by Crippen LogP contribution is -2.55. The zero-order valence-corrected chi connectivity index (χ0v) is 12.9. The van der Waals surface area contributed by atoms with E-state index in [1.54, 1.807) is 13.8 Å². The van der Waals surface area contributed by atoms with Gasteiger partial charge >= 0.3 is 5.96 Å². The third-order valence-corrected chi connectivity index (χ3v) is 2.58. The van der Waals surface area contributed by atoms with Crippen molar-refractivity contribution in [3.63, 3.8) is 0 Å². The summed E-state index contributed by atoms with van der Waals surface area (Å²) in [6.45, 7) is 2.08. The van der Waals surface area contributed by atoms with Gasteiger partial charge in [0.05, 0.1) is 37.4 Å². The van der Waals surface area contributed by atoms with Gasteiger partial charge in [-0.3, -0.25) is 21.8 Å². The SMILES string of the molecule is CC(C)C(C(=O)[O-])N(CC(O)CO)CC(O)CO.NC(N)=[NH2+]. The topological polar surface area (TPSA) is 202 Å². The number of rotatable bonds is 9. The van der Waals surface area contributed by atoms with Gasteiger partial charge in [0.1, 0.15) is 0 Å². The van der Waals surface area contributed by atoms with E-state index >= 15 is 0 Å². The molecule has 0 aliphatic carbocycles. The number of aliphatic carboxylic acids is 1. The second-order valence-electron chi connectivity index (χ2n) is 5.13. The molecular formula is C12H28N4O6. The fraction of sp³-hybridized carbons (Fsp3) is 0.833. The minimum Gasteiger partial charge on any atom is -0.548 e. The maximum absolute atomic E-state index is 11.1. The number of carboxylic acid groups (broad SMARTS) is 1. The molecule has 0 aliphatic rings. The van der Waals surface area contributed by atoms with Crippen LogP contribution in [0.15, 0.2) is 0 Å². The van der Waals surface area contributed by atoms with Gasteiger partial charge in [-0.05, 0) is 5.92 Å². The highest BCUT2D eigenvalue weighted by atomic mass is 16.4. The Hall–Kier alpha value is -1.46. The molecular weight excluding hydrogens is 296 g/mol. The zero-order valence-electron chi connectivity index (χ0n) is 12.9. The molecule has 10 heteroatoms. The lowest BCUT2D eigenvalue weighted by atomic mass is 10.0. The summed E-state index contributed by atoms with van der Waals surface area (Å²) in [6, 6.07) is -1.01. The summed E-state index contributed by atoms with van der Waals surface area (Å²) in [7, 11) is 0. The van der Waals surface area contributed by atoms with E-state index in [9.17, 15) is 20.1 Å². The first-order valence-corrected chi connectivity index (χ1v) is 6.72. The van der Waals surface area contributed by atoms with Crippen LogP contribution in [0, 0.1) is 5.92 Å². The number of hydrogen-bond acceptors (Lipinski definition) is 7. The number of nitrogens with two attached hydrogens (primary N) is 3. The summed E-state index contributed by atoms with van der Waals surface area (Å²) < 4.78 is 0. The van der Waals surface area contributed by atoms with E-state index < -0.39 is 37.4 Å². The van der Waals surface area contributed by atoms with Crippen LogP contribution in [0.5, 0.6) is 0 Å². The maximum Gasteiger partial charge on any atom is 0.336 e. The molecule has 0 aliphatic heterocycles. The van der Waals surface area contributed by atoms with Crippen LogP contribution in [0.2, 0.25) is 0 Å². The van der Waals surface area contributed by atoms with Crippen LogP contribution in [-0.2, 0) is 4.79 Å². The zero-order chi connectivity index (χ0) is 17.9. The van der Waals surface area contributed by atoms with E-state index in [1.807, 2.05) is 0 Å². The quantitative estimate of drug-likeness (QED) is 0.159. The molecule has 132 valence electrons. The predicted octanol–water partition coefficient (Wildman–Crippen LogP) is -6.21. The van der Waals surface area contributed by atoms with Crippen LogP contribution >= 0.6 is 0 Å². The van der Waals surface area contributed by atoms with Gasteiger partial charge in [-0.15, -0.1) is 0 Å². The van der Waals surface area contributed by atoms with Crippen molar-refractivity contribution < 1.29 is 35.7 Å². The Kier molecular flexibility index (Phi) is 12.6. The smallest absolute Gasteiger partial charge is 0.336 e. The van der Waals surface area contributed by atoms with Crippen molar-refractivity contribution in [2.75, 3.05) is 26.3 Å². The molecule has 3 atom stereocenters. The maximum atomic E-state index is 11.1. The van der Waals surface area contributed by atoms with Gasteiger partial charge in [0.2, 0.25) is 0 Å². The van der Waals surface area contributed by atoms with Gasteiger partial charge in [-0.2, -0.15) is 0 Å². The minimum absolute atomic E-state index is 0.0833. The number of aliphatic hydroxyl groups excluding tert-OH is 4. The molecule has 10 N–H and O–H groups in total. The Balaban J connectivity index is 0. The Morgan fingerprint density at radius 1 is 1.14 bits per heavy atom. The van der Waals surface area contributed by atoms with Gasteiger partial charge in [-0.1, -0.05) is 13.8 Å². The molecule has 0 aromatic carbocycles. The summed E-state index contributed by atoms with van der Waals surface area (Å²) in [5.41, 5.74) is 9.17. The Morgan fingerprint density at radius 2 is 1.45 bits per heavy atom. The van der Waals surface area contributed by atoms with E-state index in [-0.39, 0.29) is 25.0 Å². The number of hydrogen-bond donors (Lipinski definition) is 7. The molecule has 0 spiro atoms. The van der Waals surface area contributed by atoms with Crippen LogP contribution in [0.3, 0.4) is 0 Å². The molecule has 0 saturated carbocycles. The molecule has 0 saturated heterocycles. The number of carboxylic acids is 1. The lowest BCUT2D eigenvalue weighted by Gasteiger charge is -2.36. The number of carbonyl (C=O) groups is 1. The molecule has 0 heterocycles. The molecule has 0 amide bonds. The van der Waals surface area contributed by atoms with Crippen molar-refractivity contribution in [3.05, 3.63) is 0 Å². The number of nitrogens with zero attached hydrogens (tertiary/aromatic N) is 1. The average Bonchev–Trinajstić information content (AvgIpc) is 2.36. The number of guanidine groups is 1. The van der Waals surface area contributed by atoms with Crippen molar-refractivity contribution in [2.24, 2.45) is 17.4 Å². The fourth-order valence-corrected chi connectivity index (χ4v) is 1.80. The molecule has 0 rings (SSSR count). The predicted molar refractivity (Wildman–Crippen MR) is 76.7 cm³/mol. The lowest BCUT2D eigenvalue weighted by molar-refractivity contribution is -0.313. The van der Waals surface area contributed by atoms with E-state index in [1.165, 1.54) is 4.90 Å². The van der Waals surface area contributed by atoms with Crippen LogP contribution in [0.1, 0.15) is 13.8 Å². The first-order valence-electron chi connectivity index (χ1n) is 6.72. The Bertz CT molecular complexity index is 313. The first-order chi connectivity index (χ1) is 10.1. The van der Waals surface area contributed by atoms with Gasteiger partial charge in [0.25, 0.3) is 0 Å². The van der Waals surface area contributed by atoms with Crippen LogP contribution < -0.4 is 22.0 Å².